The number of likely N-dealkylation sites (N-methyl/N-ethyl adjacent to an activating group) is 1. The molecule has 0 spiro atoms. The number of methoxy groups -OCH3 is 1. The molecule has 9 nitrogen and oxygen atoms in total. The average molecular weight is 614 g/mol. The van der Waals surface area contributed by atoms with Crippen LogP contribution in [-0.2, 0) is 24.4 Å². The third kappa shape index (κ3) is 7.20. The molecular weight excluding hydrogens is 576 g/mol. The van der Waals surface area contributed by atoms with Crippen molar-refractivity contribution in [1.82, 2.24) is 19.4 Å². The number of urea groups is 1. The SMILES string of the molecule is CCNC(=O)Nc1ccc(-c2sc3c(c2CN(C)CCOC)c(=O)n(CC(C)C)c(=O)n3Cc2c(F)cccc2F)cc1. The molecule has 0 bridgehead atoms. The summed E-state index contributed by atoms with van der Waals surface area (Å²) in [5, 5.41) is 5.79. The summed E-state index contributed by atoms with van der Waals surface area (Å²) in [6, 6.07) is 10.4. The highest BCUT2D eigenvalue weighted by atomic mass is 32.1. The van der Waals surface area contributed by atoms with Crippen molar-refractivity contribution in [2.75, 3.05) is 39.2 Å². The van der Waals surface area contributed by atoms with Gasteiger partial charge in [-0.05, 0) is 55.3 Å². The van der Waals surface area contributed by atoms with Crippen LogP contribution in [0.1, 0.15) is 31.9 Å². The van der Waals surface area contributed by atoms with Gasteiger partial charge in [-0.15, -0.1) is 11.3 Å². The van der Waals surface area contributed by atoms with E-state index in [4.69, 9.17) is 4.74 Å². The van der Waals surface area contributed by atoms with Crippen molar-refractivity contribution in [3.05, 3.63) is 86.1 Å². The third-order valence-electron chi connectivity index (χ3n) is 6.93. The highest BCUT2D eigenvalue weighted by Crippen LogP contribution is 2.38. The molecule has 2 N–H and O–H groups in total. The zero-order chi connectivity index (χ0) is 31.3. The number of hydrogen-bond acceptors (Lipinski definition) is 6. The number of ether oxygens (including phenoxy) is 1. The number of aromatic nitrogens is 2. The Hall–Kier alpha value is -3.87. The fourth-order valence-corrected chi connectivity index (χ4v) is 6.15. The Labute approximate surface area is 252 Å². The molecule has 43 heavy (non-hydrogen) atoms. The summed E-state index contributed by atoms with van der Waals surface area (Å²) in [6.07, 6.45) is 0. The predicted molar refractivity (Wildman–Crippen MR) is 167 cm³/mol. The minimum atomic E-state index is -0.770. The Morgan fingerprint density at radius 1 is 1.05 bits per heavy atom. The van der Waals surface area contributed by atoms with E-state index < -0.39 is 22.9 Å². The monoisotopic (exact) mass is 613 g/mol. The zero-order valence-electron chi connectivity index (χ0n) is 25.0. The van der Waals surface area contributed by atoms with Crippen LogP contribution in [0.5, 0.6) is 0 Å². The molecule has 0 aliphatic rings. The van der Waals surface area contributed by atoms with E-state index in [9.17, 15) is 23.2 Å². The van der Waals surface area contributed by atoms with E-state index in [1.807, 2.05) is 44.9 Å². The van der Waals surface area contributed by atoms with Crippen LogP contribution >= 0.6 is 11.3 Å². The van der Waals surface area contributed by atoms with Gasteiger partial charge in [0, 0.05) is 49.4 Å². The Balaban J connectivity index is 1.97. The number of rotatable bonds is 12. The van der Waals surface area contributed by atoms with Gasteiger partial charge in [0.1, 0.15) is 16.5 Å². The summed E-state index contributed by atoms with van der Waals surface area (Å²) in [5.74, 6) is -1.57. The first-order valence-electron chi connectivity index (χ1n) is 14.1. The van der Waals surface area contributed by atoms with Gasteiger partial charge in [-0.3, -0.25) is 18.8 Å². The summed E-state index contributed by atoms with van der Waals surface area (Å²) in [4.78, 5) is 42.9. The van der Waals surface area contributed by atoms with Crippen LogP contribution in [0.4, 0.5) is 19.3 Å². The molecule has 0 fully saturated rings. The summed E-state index contributed by atoms with van der Waals surface area (Å²) < 4.78 is 37.3. The quantitative estimate of drug-likeness (QED) is 0.232. The molecule has 4 rings (SSSR count). The van der Waals surface area contributed by atoms with Gasteiger partial charge in [0.25, 0.3) is 5.56 Å². The fraction of sp³-hybridized carbons (Fsp3) is 0.387. The summed E-state index contributed by atoms with van der Waals surface area (Å²) in [7, 11) is 3.52. The first kappa shape index (κ1) is 32.1. The van der Waals surface area contributed by atoms with Crippen LogP contribution in [0.3, 0.4) is 0 Å². The van der Waals surface area contributed by atoms with Crippen LogP contribution in [-0.4, -0.2) is 53.9 Å². The number of thiophene rings is 1. The molecule has 2 heterocycles. The second-order valence-corrected chi connectivity index (χ2v) is 11.8. The highest BCUT2D eigenvalue weighted by Gasteiger charge is 2.25. The molecule has 0 saturated heterocycles. The number of benzene rings is 2. The van der Waals surface area contributed by atoms with Crippen LogP contribution in [0.2, 0.25) is 0 Å². The highest BCUT2D eigenvalue weighted by molar-refractivity contribution is 7.22. The number of halogens is 2. The van der Waals surface area contributed by atoms with Crippen molar-refractivity contribution in [3.8, 4) is 10.4 Å². The molecule has 0 atom stereocenters. The van der Waals surface area contributed by atoms with Crippen LogP contribution in [0.15, 0.2) is 52.1 Å². The van der Waals surface area contributed by atoms with Gasteiger partial charge in [0.2, 0.25) is 0 Å². The smallest absolute Gasteiger partial charge is 0.332 e. The maximum absolute atomic E-state index is 14.8. The lowest BCUT2D eigenvalue weighted by atomic mass is 10.1. The van der Waals surface area contributed by atoms with Crippen LogP contribution < -0.4 is 21.9 Å². The van der Waals surface area contributed by atoms with E-state index >= 15 is 0 Å². The molecule has 230 valence electrons. The molecule has 0 saturated carbocycles. The summed E-state index contributed by atoms with van der Waals surface area (Å²) in [6.45, 7) is 7.30. The third-order valence-corrected chi connectivity index (χ3v) is 8.23. The first-order chi connectivity index (χ1) is 20.5. The van der Waals surface area contributed by atoms with E-state index in [0.29, 0.717) is 47.7 Å². The van der Waals surface area contributed by atoms with Crippen molar-refractivity contribution < 1.29 is 18.3 Å². The number of hydrogen-bond donors (Lipinski definition) is 2. The lowest BCUT2D eigenvalue weighted by molar-refractivity contribution is 0.159. The largest absolute Gasteiger partial charge is 0.383 e. The molecule has 0 radical (unpaired) electrons. The number of nitrogens with one attached hydrogen (secondary N) is 2. The van der Waals surface area contributed by atoms with Gasteiger partial charge >= 0.3 is 11.7 Å². The van der Waals surface area contributed by atoms with Crippen molar-refractivity contribution in [2.24, 2.45) is 5.92 Å². The standard InChI is InChI=1S/C31H37F2N5O4S/c1-6-34-30(40)35-21-12-10-20(11-13-21)27-23(17-36(4)14-15-42-5)26-28(39)37(16-19(2)3)31(41)38(29(26)43-27)18-22-24(32)8-7-9-25(22)33/h7-13,19H,6,14-18H2,1-5H3,(H2,34,35,40). The lowest BCUT2D eigenvalue weighted by Crippen LogP contribution is -2.41. The summed E-state index contributed by atoms with van der Waals surface area (Å²) >= 11 is 1.23. The Morgan fingerprint density at radius 3 is 2.33 bits per heavy atom. The minimum absolute atomic E-state index is 0.0302. The van der Waals surface area contributed by atoms with Gasteiger partial charge in [-0.2, -0.15) is 0 Å². The van der Waals surface area contributed by atoms with E-state index in [1.54, 1.807) is 19.2 Å². The molecule has 12 heteroatoms. The van der Waals surface area contributed by atoms with Gasteiger partial charge in [-0.25, -0.2) is 18.4 Å². The molecule has 4 aromatic rings. The molecule has 2 amide bonds. The van der Waals surface area contributed by atoms with Crippen molar-refractivity contribution >= 4 is 33.3 Å². The number of carbonyl (C=O) groups excluding carboxylic acids is 1. The Bertz CT molecular complexity index is 1690. The molecule has 0 unspecified atom stereocenters. The van der Waals surface area contributed by atoms with E-state index in [2.05, 4.69) is 10.6 Å². The van der Waals surface area contributed by atoms with Gasteiger partial charge in [0.05, 0.1) is 18.5 Å². The van der Waals surface area contributed by atoms with Gasteiger partial charge in [0.15, 0.2) is 0 Å². The number of fused-ring (bicyclic) bond motifs is 1. The van der Waals surface area contributed by atoms with E-state index in [1.165, 1.54) is 26.5 Å². The summed E-state index contributed by atoms with van der Waals surface area (Å²) in [5.41, 5.74) is 0.737. The second-order valence-electron chi connectivity index (χ2n) is 10.8. The molecule has 0 aliphatic carbocycles. The van der Waals surface area contributed by atoms with Crippen molar-refractivity contribution in [3.63, 3.8) is 0 Å². The number of nitrogens with zero attached hydrogens (tertiary/aromatic N) is 3. The molecular formula is C31H37F2N5O4S. The maximum Gasteiger partial charge on any atom is 0.332 e. The number of amides is 2. The first-order valence-corrected chi connectivity index (χ1v) is 14.9. The minimum Gasteiger partial charge on any atom is -0.383 e. The molecule has 2 aromatic heterocycles. The fourth-order valence-electron chi connectivity index (χ4n) is 4.84. The zero-order valence-corrected chi connectivity index (χ0v) is 25.8. The normalized spacial score (nSPS) is 11.6. The van der Waals surface area contributed by atoms with Crippen LogP contribution in [0.25, 0.3) is 20.7 Å². The van der Waals surface area contributed by atoms with Gasteiger partial charge < -0.3 is 15.4 Å². The lowest BCUT2D eigenvalue weighted by Gasteiger charge is -2.18. The van der Waals surface area contributed by atoms with Crippen molar-refractivity contribution in [2.45, 2.75) is 40.4 Å². The number of carbonyl (C=O) groups is 1. The predicted octanol–water partition coefficient (Wildman–Crippen LogP) is 5.09. The Morgan fingerprint density at radius 2 is 1.72 bits per heavy atom. The van der Waals surface area contributed by atoms with Crippen molar-refractivity contribution in [1.29, 1.82) is 0 Å². The average Bonchev–Trinajstić information content (AvgIpc) is 3.32. The maximum atomic E-state index is 14.8. The number of anilines is 1. The second kappa shape index (κ2) is 14.1. The van der Waals surface area contributed by atoms with Crippen LogP contribution in [0, 0.1) is 17.6 Å². The van der Waals surface area contributed by atoms with E-state index in [0.717, 1.165) is 22.6 Å². The topological polar surface area (TPSA) is 97.6 Å². The molecule has 2 aromatic carbocycles. The van der Waals surface area contributed by atoms with Gasteiger partial charge in [-0.1, -0.05) is 32.0 Å². The van der Waals surface area contributed by atoms with E-state index in [-0.39, 0.29) is 30.6 Å². The molecule has 0 aliphatic heterocycles. The Kier molecular flexibility index (Phi) is 10.5.